The van der Waals surface area contributed by atoms with Crippen LogP contribution in [0.25, 0.3) is 0 Å². The first-order valence-electron chi connectivity index (χ1n) is 10.7. The number of β-lactam (4-membered cyclic amide) rings is 1. The van der Waals surface area contributed by atoms with Crippen molar-refractivity contribution in [3.05, 3.63) is 35.9 Å². The van der Waals surface area contributed by atoms with Crippen LogP contribution in [0.2, 0.25) is 0 Å². The fourth-order valence-corrected chi connectivity index (χ4v) is 4.65. The number of halogens is 3. The van der Waals surface area contributed by atoms with E-state index in [-0.39, 0.29) is 6.42 Å². The van der Waals surface area contributed by atoms with Crippen molar-refractivity contribution in [1.29, 1.82) is 0 Å². The topological polar surface area (TPSA) is 86.7 Å². The average molecular weight is 440 g/mol. The minimum Gasteiger partial charge on any atom is -0.480 e. The van der Waals surface area contributed by atoms with Gasteiger partial charge >= 0.3 is 18.2 Å². The Morgan fingerprint density at radius 2 is 1.77 bits per heavy atom. The lowest BCUT2D eigenvalue weighted by atomic mass is 9.82. The van der Waals surface area contributed by atoms with Crippen LogP contribution < -0.4 is 5.32 Å². The fourth-order valence-electron chi connectivity index (χ4n) is 4.65. The molecule has 3 unspecified atom stereocenters. The molecule has 9 heteroatoms. The summed E-state index contributed by atoms with van der Waals surface area (Å²) >= 11 is 0. The van der Waals surface area contributed by atoms with Crippen molar-refractivity contribution in [2.45, 2.75) is 69.6 Å². The highest BCUT2D eigenvalue weighted by Gasteiger charge is 2.56. The van der Waals surface area contributed by atoms with E-state index in [0.29, 0.717) is 43.4 Å². The van der Waals surface area contributed by atoms with E-state index >= 15 is 0 Å². The van der Waals surface area contributed by atoms with Gasteiger partial charge in [0.15, 0.2) is 6.04 Å². The fraction of sp³-hybridized carbons (Fsp3) is 0.591. The van der Waals surface area contributed by atoms with Crippen molar-refractivity contribution in [2.24, 2.45) is 11.8 Å². The molecule has 1 aromatic rings. The number of imide groups is 1. The van der Waals surface area contributed by atoms with Crippen LogP contribution in [0.15, 0.2) is 30.3 Å². The molecular weight excluding hydrogens is 413 g/mol. The maximum absolute atomic E-state index is 13.6. The molecule has 3 rings (SSSR count). The van der Waals surface area contributed by atoms with Gasteiger partial charge in [0.1, 0.15) is 6.04 Å². The number of rotatable bonds is 7. The average Bonchev–Trinajstić information content (AvgIpc) is 2.73. The van der Waals surface area contributed by atoms with Crippen molar-refractivity contribution in [3.63, 3.8) is 0 Å². The Kier molecular flexibility index (Phi) is 7.23. The number of carboxylic acid groups (broad SMARTS) is 1. The number of hydrogen-bond acceptors (Lipinski definition) is 3. The minimum atomic E-state index is -4.67. The molecule has 3 amide bonds. The lowest BCUT2D eigenvalue weighted by Gasteiger charge is -2.44. The van der Waals surface area contributed by atoms with Crippen molar-refractivity contribution in [3.8, 4) is 0 Å². The third kappa shape index (κ3) is 5.37. The van der Waals surface area contributed by atoms with E-state index in [1.807, 2.05) is 35.6 Å². The summed E-state index contributed by atoms with van der Waals surface area (Å²) in [5.41, 5.74) is 1.04. The number of amides is 3. The number of carbonyl (C=O) groups is 3. The number of aliphatic carboxylic acids is 1. The third-order valence-electron chi connectivity index (χ3n) is 6.26. The second-order valence-electron chi connectivity index (χ2n) is 8.34. The van der Waals surface area contributed by atoms with Crippen molar-refractivity contribution in [2.75, 3.05) is 0 Å². The molecule has 1 aromatic carbocycles. The minimum absolute atomic E-state index is 0.250. The SMILES string of the molecule is O=C(O)C1C(CCCc2ccccc2)C(=O)N1C(=O)NC(C1CCCCC1)C(F)(F)F. The molecule has 170 valence electrons. The second kappa shape index (κ2) is 9.70. The Morgan fingerprint density at radius 3 is 2.35 bits per heavy atom. The molecule has 1 saturated carbocycles. The third-order valence-corrected chi connectivity index (χ3v) is 6.26. The predicted molar refractivity (Wildman–Crippen MR) is 106 cm³/mol. The van der Waals surface area contributed by atoms with Gasteiger partial charge in [-0.15, -0.1) is 0 Å². The van der Waals surface area contributed by atoms with Gasteiger partial charge in [-0.05, 0) is 43.6 Å². The van der Waals surface area contributed by atoms with Gasteiger partial charge < -0.3 is 10.4 Å². The molecule has 2 aliphatic rings. The normalized spacial score (nSPS) is 23.2. The second-order valence-corrected chi connectivity index (χ2v) is 8.34. The molecule has 0 radical (unpaired) electrons. The van der Waals surface area contributed by atoms with Crippen LogP contribution in [-0.4, -0.2) is 46.2 Å². The maximum atomic E-state index is 13.6. The van der Waals surface area contributed by atoms with Gasteiger partial charge in [0.25, 0.3) is 0 Å². The van der Waals surface area contributed by atoms with Gasteiger partial charge in [0.2, 0.25) is 5.91 Å². The summed E-state index contributed by atoms with van der Waals surface area (Å²) in [6, 6.07) is 4.66. The smallest absolute Gasteiger partial charge is 0.408 e. The number of carboxylic acids is 1. The molecule has 31 heavy (non-hydrogen) atoms. The van der Waals surface area contributed by atoms with Crippen LogP contribution >= 0.6 is 0 Å². The van der Waals surface area contributed by atoms with E-state index in [1.165, 1.54) is 0 Å². The highest BCUT2D eigenvalue weighted by atomic mass is 19.4. The number of likely N-dealkylation sites (tertiary alicyclic amines) is 1. The Balaban J connectivity index is 1.63. The number of urea groups is 1. The van der Waals surface area contributed by atoms with Gasteiger partial charge in [-0.3, -0.25) is 4.79 Å². The number of alkyl halides is 3. The lowest BCUT2D eigenvalue weighted by Crippen LogP contribution is -2.69. The summed E-state index contributed by atoms with van der Waals surface area (Å²) in [5.74, 6) is -3.80. The Labute approximate surface area is 178 Å². The van der Waals surface area contributed by atoms with Crippen molar-refractivity contribution in [1.82, 2.24) is 10.2 Å². The van der Waals surface area contributed by atoms with E-state index in [4.69, 9.17) is 0 Å². The molecule has 2 N–H and O–H groups in total. The van der Waals surface area contributed by atoms with Crippen LogP contribution in [0.1, 0.15) is 50.5 Å². The van der Waals surface area contributed by atoms with Crippen molar-refractivity contribution < 1.29 is 32.7 Å². The highest BCUT2D eigenvalue weighted by molar-refractivity contribution is 6.07. The zero-order chi connectivity index (χ0) is 22.6. The van der Waals surface area contributed by atoms with Gasteiger partial charge in [0.05, 0.1) is 5.92 Å². The Morgan fingerprint density at radius 1 is 1.13 bits per heavy atom. The summed E-state index contributed by atoms with van der Waals surface area (Å²) < 4.78 is 40.7. The zero-order valence-electron chi connectivity index (χ0n) is 17.1. The summed E-state index contributed by atoms with van der Waals surface area (Å²) in [6.07, 6.45) is -0.418. The number of nitrogens with zero attached hydrogens (tertiary/aromatic N) is 1. The summed E-state index contributed by atoms with van der Waals surface area (Å²) in [6.45, 7) is 0. The molecular formula is C22H27F3N2O4. The number of aryl methyl sites for hydroxylation is 1. The first-order valence-corrected chi connectivity index (χ1v) is 10.7. The monoisotopic (exact) mass is 440 g/mol. The zero-order valence-corrected chi connectivity index (χ0v) is 17.1. The van der Waals surface area contributed by atoms with E-state index in [2.05, 4.69) is 0 Å². The van der Waals surface area contributed by atoms with Crippen LogP contribution in [0.5, 0.6) is 0 Å². The number of hydrogen-bond donors (Lipinski definition) is 2. The molecule has 2 fully saturated rings. The number of nitrogens with one attached hydrogen (secondary N) is 1. The van der Waals surface area contributed by atoms with Crippen molar-refractivity contribution >= 4 is 17.9 Å². The van der Waals surface area contributed by atoms with Crippen LogP contribution in [0, 0.1) is 11.8 Å². The molecule has 3 atom stereocenters. The number of benzene rings is 1. The molecule has 0 bridgehead atoms. The van der Waals surface area contributed by atoms with Gasteiger partial charge in [0, 0.05) is 0 Å². The van der Waals surface area contributed by atoms with Gasteiger partial charge in [-0.25, -0.2) is 14.5 Å². The van der Waals surface area contributed by atoms with Crippen LogP contribution in [0.4, 0.5) is 18.0 Å². The van der Waals surface area contributed by atoms with Gasteiger partial charge in [-0.1, -0.05) is 49.6 Å². The highest BCUT2D eigenvalue weighted by Crippen LogP contribution is 2.36. The largest absolute Gasteiger partial charge is 0.480 e. The first kappa shape index (κ1) is 23.1. The number of carbonyl (C=O) groups excluding carboxylic acids is 2. The van der Waals surface area contributed by atoms with Crippen LogP contribution in [-0.2, 0) is 16.0 Å². The van der Waals surface area contributed by atoms with E-state index in [0.717, 1.165) is 12.0 Å². The Hall–Kier alpha value is -2.58. The molecule has 1 aliphatic carbocycles. The van der Waals surface area contributed by atoms with Gasteiger partial charge in [-0.2, -0.15) is 13.2 Å². The quantitative estimate of drug-likeness (QED) is 0.624. The standard InChI is InChI=1S/C22H27F3N2O4/c23-22(24,25)18(15-11-5-2-6-12-15)26-21(31)27-17(20(29)30)16(19(27)28)13-7-10-14-8-3-1-4-9-14/h1,3-4,8-9,15-18H,2,5-7,10-13H2,(H,26,31)(H,29,30). The molecule has 0 spiro atoms. The Bertz CT molecular complexity index is 794. The predicted octanol–water partition coefficient (Wildman–Crippen LogP) is 4.14. The van der Waals surface area contributed by atoms with E-state index in [1.54, 1.807) is 0 Å². The molecule has 6 nitrogen and oxygen atoms in total. The summed E-state index contributed by atoms with van der Waals surface area (Å²) in [7, 11) is 0. The maximum Gasteiger partial charge on any atom is 0.408 e. The molecule has 1 saturated heterocycles. The molecule has 0 aromatic heterocycles. The van der Waals surface area contributed by atoms with E-state index < -0.39 is 48.0 Å². The molecule has 1 heterocycles. The molecule has 1 aliphatic heterocycles. The summed E-state index contributed by atoms with van der Waals surface area (Å²) in [5, 5.41) is 11.4. The van der Waals surface area contributed by atoms with E-state index in [9.17, 15) is 32.7 Å². The first-order chi connectivity index (χ1) is 14.7. The van der Waals surface area contributed by atoms with Crippen LogP contribution in [0.3, 0.4) is 0 Å². The summed E-state index contributed by atoms with van der Waals surface area (Å²) in [4.78, 5) is 37.1. The lowest BCUT2D eigenvalue weighted by molar-refractivity contribution is -0.173.